The number of rotatable bonds is 9. The molecule has 1 aromatic heterocycles. The van der Waals surface area contributed by atoms with Crippen LogP contribution in [0.2, 0.25) is 0 Å². The molecule has 0 aliphatic carbocycles. The summed E-state index contributed by atoms with van der Waals surface area (Å²) in [4.78, 5) is 24.3. The summed E-state index contributed by atoms with van der Waals surface area (Å²) in [5, 5.41) is 21.6. The highest BCUT2D eigenvalue weighted by Crippen LogP contribution is 2.29. The number of aromatic nitrogens is 3. The highest BCUT2D eigenvalue weighted by Gasteiger charge is 2.22. The summed E-state index contributed by atoms with van der Waals surface area (Å²) in [5.41, 5.74) is 1.80. The fourth-order valence-corrected chi connectivity index (χ4v) is 4.59. The molecule has 3 aromatic rings. The van der Waals surface area contributed by atoms with Crippen molar-refractivity contribution in [2.75, 3.05) is 24.8 Å². The molecule has 0 bridgehead atoms. The normalized spacial score (nSPS) is 15.3. The molecule has 9 nitrogen and oxygen atoms in total. The number of ketones is 1. The Balaban J connectivity index is 1.53. The van der Waals surface area contributed by atoms with Gasteiger partial charge in [-0.15, -0.1) is 10.2 Å². The van der Waals surface area contributed by atoms with Crippen molar-refractivity contribution in [1.82, 2.24) is 14.8 Å². The van der Waals surface area contributed by atoms with Gasteiger partial charge in [0.15, 0.2) is 16.8 Å². The zero-order valence-corrected chi connectivity index (χ0v) is 19.8. The van der Waals surface area contributed by atoms with Gasteiger partial charge in [-0.05, 0) is 55.3 Å². The first-order valence-corrected chi connectivity index (χ1v) is 11.9. The number of anilines is 1. The summed E-state index contributed by atoms with van der Waals surface area (Å²) in [6, 6.07) is 11.7. The molecular weight excluding hydrogens is 456 g/mol. The van der Waals surface area contributed by atoms with Crippen LogP contribution in [0.3, 0.4) is 0 Å². The quantitative estimate of drug-likeness (QED) is 0.350. The van der Waals surface area contributed by atoms with E-state index in [4.69, 9.17) is 9.47 Å². The van der Waals surface area contributed by atoms with Crippen LogP contribution in [0.5, 0.6) is 11.5 Å². The van der Waals surface area contributed by atoms with E-state index in [2.05, 4.69) is 15.5 Å². The van der Waals surface area contributed by atoms with Crippen LogP contribution in [0.25, 0.3) is 11.4 Å². The van der Waals surface area contributed by atoms with E-state index in [0.29, 0.717) is 34.5 Å². The van der Waals surface area contributed by atoms with Gasteiger partial charge in [-0.1, -0.05) is 11.8 Å². The van der Waals surface area contributed by atoms with Crippen LogP contribution >= 0.6 is 11.8 Å². The smallest absolute Gasteiger partial charge is 0.221 e. The van der Waals surface area contributed by atoms with E-state index in [9.17, 15) is 14.7 Å². The van der Waals surface area contributed by atoms with Crippen LogP contribution in [0.4, 0.5) is 5.69 Å². The van der Waals surface area contributed by atoms with Gasteiger partial charge < -0.3 is 19.9 Å². The molecule has 34 heavy (non-hydrogen) atoms. The first kappa shape index (κ1) is 23.8. The lowest BCUT2D eigenvalue weighted by molar-refractivity contribution is -0.114. The molecular formula is C24H26N4O5S. The zero-order valence-electron chi connectivity index (χ0n) is 19.0. The molecule has 1 aliphatic heterocycles. The van der Waals surface area contributed by atoms with E-state index in [-0.39, 0.29) is 29.3 Å². The Bertz CT molecular complexity index is 1170. The van der Waals surface area contributed by atoms with E-state index < -0.39 is 0 Å². The Kier molecular flexibility index (Phi) is 7.49. The Labute approximate surface area is 201 Å². The maximum atomic E-state index is 12.9. The van der Waals surface area contributed by atoms with Crippen molar-refractivity contribution in [3.05, 3.63) is 48.0 Å². The number of hydrogen-bond donors (Lipinski definition) is 2. The lowest BCUT2D eigenvalue weighted by Gasteiger charge is -2.15. The van der Waals surface area contributed by atoms with Gasteiger partial charge in [0, 0.05) is 24.7 Å². The summed E-state index contributed by atoms with van der Waals surface area (Å²) in [5.74, 6) is 1.09. The Morgan fingerprint density at radius 2 is 2.03 bits per heavy atom. The molecule has 1 amide bonds. The second kappa shape index (κ2) is 10.7. The number of carbonyl (C=O) groups is 2. The van der Waals surface area contributed by atoms with Gasteiger partial charge in [0.2, 0.25) is 5.91 Å². The molecule has 1 fully saturated rings. The molecule has 1 saturated heterocycles. The largest absolute Gasteiger partial charge is 0.508 e. The van der Waals surface area contributed by atoms with E-state index in [0.717, 1.165) is 25.0 Å². The third-order valence-corrected chi connectivity index (χ3v) is 6.39. The number of nitrogens with one attached hydrogen (secondary N) is 1. The van der Waals surface area contributed by atoms with Gasteiger partial charge >= 0.3 is 0 Å². The summed E-state index contributed by atoms with van der Waals surface area (Å²) in [6.45, 7) is 2.73. The van der Waals surface area contributed by atoms with Gasteiger partial charge in [-0.25, -0.2) is 0 Å². The zero-order chi connectivity index (χ0) is 24.1. The van der Waals surface area contributed by atoms with Crippen LogP contribution in [-0.4, -0.2) is 57.1 Å². The standard InChI is InChI=1S/C24H26N4O5S/c1-15(29)25-20-10-7-17(12-22(20)32-2)21(31)14-34-24-27-26-23(16-5-8-18(30)9-6-16)28(24)13-19-4-3-11-33-19/h5-10,12,19,30H,3-4,11,13-14H2,1-2H3,(H,25,29). The number of methoxy groups -OCH3 is 1. The van der Waals surface area contributed by atoms with Crippen molar-refractivity contribution < 1.29 is 24.2 Å². The molecule has 4 rings (SSSR count). The first-order chi connectivity index (χ1) is 16.4. The van der Waals surface area contributed by atoms with Crippen LogP contribution < -0.4 is 10.1 Å². The summed E-state index contributed by atoms with van der Waals surface area (Å²) < 4.78 is 13.1. The summed E-state index contributed by atoms with van der Waals surface area (Å²) >= 11 is 1.30. The second-order valence-electron chi connectivity index (χ2n) is 7.91. The van der Waals surface area contributed by atoms with Gasteiger partial charge in [0.05, 0.1) is 31.2 Å². The third kappa shape index (κ3) is 5.57. The molecule has 1 unspecified atom stereocenters. The van der Waals surface area contributed by atoms with Gasteiger partial charge in [0.1, 0.15) is 11.5 Å². The Hall–Kier alpha value is -3.37. The minimum absolute atomic E-state index is 0.0625. The Morgan fingerprint density at radius 3 is 2.71 bits per heavy atom. The van der Waals surface area contributed by atoms with Gasteiger partial charge in [0.25, 0.3) is 0 Å². The van der Waals surface area contributed by atoms with Crippen molar-refractivity contribution in [1.29, 1.82) is 0 Å². The minimum Gasteiger partial charge on any atom is -0.508 e. The molecule has 1 atom stereocenters. The van der Waals surface area contributed by atoms with Crippen LogP contribution in [-0.2, 0) is 16.1 Å². The SMILES string of the molecule is COc1cc(C(=O)CSc2nnc(-c3ccc(O)cc3)n2CC2CCCO2)ccc1NC(C)=O. The molecule has 2 N–H and O–H groups in total. The molecule has 2 heterocycles. The predicted octanol–water partition coefficient (Wildman–Crippen LogP) is 3.77. The van der Waals surface area contributed by atoms with E-state index in [1.807, 2.05) is 4.57 Å². The third-order valence-electron chi connectivity index (χ3n) is 5.42. The van der Waals surface area contributed by atoms with Crippen molar-refractivity contribution in [3.8, 4) is 22.9 Å². The number of phenols is 1. The topological polar surface area (TPSA) is 116 Å². The Morgan fingerprint density at radius 1 is 1.24 bits per heavy atom. The number of aromatic hydroxyl groups is 1. The summed E-state index contributed by atoms with van der Waals surface area (Å²) in [7, 11) is 1.49. The molecule has 0 radical (unpaired) electrons. The van der Waals surface area contributed by atoms with Crippen molar-refractivity contribution in [2.24, 2.45) is 0 Å². The number of Topliss-reactive ketones (excluding diaryl/α,β-unsaturated/α-hetero) is 1. The summed E-state index contributed by atoms with van der Waals surface area (Å²) in [6.07, 6.45) is 2.03. The number of amides is 1. The van der Waals surface area contributed by atoms with Crippen molar-refractivity contribution in [3.63, 3.8) is 0 Å². The second-order valence-corrected chi connectivity index (χ2v) is 8.85. The fraction of sp³-hybridized carbons (Fsp3) is 0.333. The fourth-order valence-electron chi connectivity index (χ4n) is 3.75. The minimum atomic E-state index is -0.219. The lowest BCUT2D eigenvalue weighted by Crippen LogP contribution is -2.17. The molecule has 10 heteroatoms. The van der Waals surface area contributed by atoms with Crippen LogP contribution in [0.1, 0.15) is 30.1 Å². The molecule has 178 valence electrons. The molecule has 2 aromatic carbocycles. The highest BCUT2D eigenvalue weighted by molar-refractivity contribution is 7.99. The molecule has 0 saturated carbocycles. The maximum absolute atomic E-state index is 12.9. The number of hydrogen-bond acceptors (Lipinski definition) is 8. The predicted molar refractivity (Wildman–Crippen MR) is 128 cm³/mol. The van der Waals surface area contributed by atoms with Crippen LogP contribution in [0.15, 0.2) is 47.6 Å². The van der Waals surface area contributed by atoms with Crippen LogP contribution in [0, 0.1) is 0 Å². The van der Waals surface area contributed by atoms with Crippen molar-refractivity contribution >= 4 is 29.1 Å². The van der Waals surface area contributed by atoms with Gasteiger partial charge in [-0.2, -0.15) is 0 Å². The van der Waals surface area contributed by atoms with Gasteiger partial charge in [-0.3, -0.25) is 14.2 Å². The molecule has 0 spiro atoms. The number of ether oxygens (including phenoxy) is 2. The van der Waals surface area contributed by atoms with Crippen molar-refractivity contribution in [2.45, 2.75) is 37.6 Å². The lowest BCUT2D eigenvalue weighted by atomic mass is 10.1. The average molecular weight is 483 g/mol. The average Bonchev–Trinajstić information content (AvgIpc) is 3.48. The number of phenolic OH excluding ortho intramolecular Hbond substituents is 1. The number of thioether (sulfide) groups is 1. The molecule has 1 aliphatic rings. The number of nitrogens with zero attached hydrogens (tertiary/aromatic N) is 3. The first-order valence-electron chi connectivity index (χ1n) is 10.9. The number of carbonyl (C=O) groups excluding carboxylic acids is 2. The monoisotopic (exact) mass is 482 g/mol. The maximum Gasteiger partial charge on any atom is 0.221 e. The highest BCUT2D eigenvalue weighted by atomic mass is 32.2. The van der Waals surface area contributed by atoms with E-state index in [1.54, 1.807) is 42.5 Å². The number of benzene rings is 2. The van der Waals surface area contributed by atoms with E-state index >= 15 is 0 Å². The van der Waals surface area contributed by atoms with E-state index in [1.165, 1.54) is 25.8 Å².